The maximum atomic E-state index is 5.23. The second-order valence-electron chi connectivity index (χ2n) is 5.37. The first-order valence-electron chi connectivity index (χ1n) is 6.93. The quantitative estimate of drug-likeness (QED) is 0.573. The van der Waals surface area contributed by atoms with Gasteiger partial charge >= 0.3 is 0 Å². The van der Waals surface area contributed by atoms with Gasteiger partial charge < -0.3 is 5.32 Å². The first-order chi connectivity index (χ1) is 8.31. The van der Waals surface area contributed by atoms with Crippen LogP contribution in [0.3, 0.4) is 0 Å². The SMILES string of the molecule is C#CCNCCN1CC2CCCCN2CC1C. The topological polar surface area (TPSA) is 18.5 Å². The molecule has 2 saturated heterocycles. The van der Waals surface area contributed by atoms with Gasteiger partial charge in [0.25, 0.3) is 0 Å². The third-order valence-corrected chi connectivity index (χ3v) is 4.12. The summed E-state index contributed by atoms with van der Waals surface area (Å²) in [5.74, 6) is 2.62. The zero-order valence-corrected chi connectivity index (χ0v) is 11.0. The zero-order valence-electron chi connectivity index (χ0n) is 11.0. The van der Waals surface area contributed by atoms with E-state index in [1.54, 1.807) is 0 Å². The van der Waals surface area contributed by atoms with Crippen molar-refractivity contribution in [1.82, 2.24) is 15.1 Å². The number of rotatable bonds is 4. The van der Waals surface area contributed by atoms with Crippen LogP contribution in [0.5, 0.6) is 0 Å². The molecule has 0 bridgehead atoms. The molecule has 0 spiro atoms. The smallest absolute Gasteiger partial charge is 0.0574 e. The minimum absolute atomic E-state index is 0.692. The Hall–Kier alpha value is -0.560. The molecule has 2 heterocycles. The van der Waals surface area contributed by atoms with Crippen molar-refractivity contribution in [2.24, 2.45) is 0 Å². The molecule has 0 amide bonds. The number of terminal acetylenes is 1. The molecule has 1 N–H and O–H groups in total. The van der Waals surface area contributed by atoms with Crippen LogP contribution in [-0.4, -0.2) is 61.2 Å². The Morgan fingerprint density at radius 3 is 3.06 bits per heavy atom. The van der Waals surface area contributed by atoms with Gasteiger partial charge in [0, 0.05) is 38.3 Å². The van der Waals surface area contributed by atoms with Crippen LogP contribution >= 0.6 is 0 Å². The molecule has 0 aromatic heterocycles. The van der Waals surface area contributed by atoms with Crippen LogP contribution in [0, 0.1) is 12.3 Å². The summed E-state index contributed by atoms with van der Waals surface area (Å²) in [6, 6.07) is 1.50. The highest BCUT2D eigenvalue weighted by atomic mass is 15.3. The van der Waals surface area contributed by atoms with E-state index in [9.17, 15) is 0 Å². The number of hydrogen-bond donors (Lipinski definition) is 1. The van der Waals surface area contributed by atoms with E-state index < -0.39 is 0 Å². The van der Waals surface area contributed by atoms with Crippen molar-refractivity contribution in [1.29, 1.82) is 0 Å². The highest BCUT2D eigenvalue weighted by Crippen LogP contribution is 2.23. The Morgan fingerprint density at radius 2 is 2.24 bits per heavy atom. The summed E-state index contributed by atoms with van der Waals surface area (Å²) in [6.45, 7) is 9.01. The van der Waals surface area contributed by atoms with Crippen molar-refractivity contribution < 1.29 is 0 Å². The second-order valence-corrected chi connectivity index (χ2v) is 5.37. The van der Waals surface area contributed by atoms with Crippen LogP contribution in [-0.2, 0) is 0 Å². The van der Waals surface area contributed by atoms with Crippen molar-refractivity contribution in [3.63, 3.8) is 0 Å². The van der Waals surface area contributed by atoms with Gasteiger partial charge in [0.15, 0.2) is 0 Å². The lowest BCUT2D eigenvalue weighted by molar-refractivity contribution is 0.0162. The monoisotopic (exact) mass is 235 g/mol. The van der Waals surface area contributed by atoms with Crippen molar-refractivity contribution in [3.05, 3.63) is 0 Å². The summed E-state index contributed by atoms with van der Waals surface area (Å²) in [4.78, 5) is 5.32. The van der Waals surface area contributed by atoms with E-state index in [2.05, 4.69) is 28.0 Å². The molecule has 3 nitrogen and oxygen atoms in total. The van der Waals surface area contributed by atoms with Gasteiger partial charge in [0.05, 0.1) is 6.54 Å². The number of nitrogens with zero attached hydrogens (tertiary/aromatic N) is 2. The van der Waals surface area contributed by atoms with Crippen molar-refractivity contribution in [2.45, 2.75) is 38.3 Å². The predicted molar refractivity (Wildman–Crippen MR) is 71.9 cm³/mol. The van der Waals surface area contributed by atoms with E-state index in [-0.39, 0.29) is 0 Å². The van der Waals surface area contributed by atoms with E-state index in [4.69, 9.17) is 6.42 Å². The first-order valence-corrected chi connectivity index (χ1v) is 6.93. The van der Waals surface area contributed by atoms with Crippen LogP contribution in [0.25, 0.3) is 0 Å². The minimum Gasteiger partial charge on any atom is -0.305 e. The molecular formula is C14H25N3. The third-order valence-electron chi connectivity index (χ3n) is 4.12. The molecule has 2 rings (SSSR count). The lowest BCUT2D eigenvalue weighted by atomic mass is 9.97. The Morgan fingerprint density at radius 1 is 1.35 bits per heavy atom. The predicted octanol–water partition coefficient (Wildman–Crippen LogP) is 0.768. The normalized spacial score (nSPS) is 30.8. The molecule has 0 aromatic rings. The highest BCUT2D eigenvalue weighted by molar-refractivity contribution is 4.90. The Balaban J connectivity index is 1.76. The van der Waals surface area contributed by atoms with Crippen LogP contribution in [0.1, 0.15) is 26.2 Å². The summed E-state index contributed by atoms with van der Waals surface area (Å²) in [5, 5.41) is 3.28. The van der Waals surface area contributed by atoms with Crippen LogP contribution in [0.2, 0.25) is 0 Å². The first kappa shape index (κ1) is 12.9. The van der Waals surface area contributed by atoms with Crippen molar-refractivity contribution in [2.75, 3.05) is 39.3 Å². The van der Waals surface area contributed by atoms with Gasteiger partial charge in [-0.05, 0) is 26.3 Å². The molecule has 2 aliphatic heterocycles. The van der Waals surface area contributed by atoms with E-state index >= 15 is 0 Å². The summed E-state index contributed by atoms with van der Waals surface area (Å²) < 4.78 is 0. The van der Waals surface area contributed by atoms with E-state index in [0.29, 0.717) is 12.6 Å². The number of fused-ring (bicyclic) bond motifs is 1. The van der Waals surface area contributed by atoms with Gasteiger partial charge in [-0.3, -0.25) is 9.80 Å². The fourth-order valence-electron chi connectivity index (χ4n) is 3.11. The fraction of sp³-hybridized carbons (Fsp3) is 0.857. The average Bonchev–Trinajstić information content (AvgIpc) is 2.35. The molecule has 0 aliphatic carbocycles. The van der Waals surface area contributed by atoms with Crippen LogP contribution in [0.4, 0.5) is 0 Å². The van der Waals surface area contributed by atoms with Crippen molar-refractivity contribution >= 4 is 0 Å². The lowest BCUT2D eigenvalue weighted by Gasteiger charge is -2.47. The van der Waals surface area contributed by atoms with Gasteiger partial charge in [0.2, 0.25) is 0 Å². The Kier molecular flexibility index (Phi) is 4.85. The Bertz CT molecular complexity index is 271. The Labute approximate surface area is 106 Å². The van der Waals surface area contributed by atoms with Gasteiger partial charge in [-0.15, -0.1) is 6.42 Å². The summed E-state index contributed by atoms with van der Waals surface area (Å²) in [6.07, 6.45) is 9.43. The second kappa shape index (κ2) is 6.39. The number of piperidine rings is 1. The summed E-state index contributed by atoms with van der Waals surface area (Å²) >= 11 is 0. The van der Waals surface area contributed by atoms with Crippen LogP contribution in [0.15, 0.2) is 0 Å². The molecule has 0 saturated carbocycles. The standard InChI is InChI=1S/C14H25N3/c1-3-7-15-8-10-16-12-14-6-4-5-9-17(14)11-13(16)2/h1,13-15H,4-12H2,2H3. The molecular weight excluding hydrogens is 210 g/mol. The van der Waals surface area contributed by atoms with Crippen LogP contribution < -0.4 is 5.32 Å². The van der Waals surface area contributed by atoms with Gasteiger partial charge in [0.1, 0.15) is 0 Å². The molecule has 2 aliphatic rings. The lowest BCUT2D eigenvalue weighted by Crippen LogP contribution is -2.59. The van der Waals surface area contributed by atoms with E-state index in [1.807, 2.05) is 0 Å². The molecule has 2 atom stereocenters. The number of piperazine rings is 1. The molecule has 2 fully saturated rings. The molecule has 96 valence electrons. The minimum atomic E-state index is 0.692. The molecule has 0 radical (unpaired) electrons. The van der Waals surface area contributed by atoms with Gasteiger partial charge in [-0.1, -0.05) is 12.3 Å². The molecule has 2 unspecified atom stereocenters. The molecule has 0 aromatic carbocycles. The van der Waals surface area contributed by atoms with E-state index in [0.717, 1.165) is 19.1 Å². The number of nitrogens with one attached hydrogen (secondary N) is 1. The maximum absolute atomic E-state index is 5.23. The zero-order chi connectivity index (χ0) is 12.1. The highest BCUT2D eigenvalue weighted by Gasteiger charge is 2.32. The third kappa shape index (κ3) is 3.45. The van der Waals surface area contributed by atoms with Crippen molar-refractivity contribution in [3.8, 4) is 12.3 Å². The fourth-order valence-corrected chi connectivity index (χ4v) is 3.11. The summed E-state index contributed by atoms with van der Waals surface area (Å²) in [7, 11) is 0. The summed E-state index contributed by atoms with van der Waals surface area (Å²) in [5.41, 5.74) is 0. The average molecular weight is 235 g/mol. The number of hydrogen-bond acceptors (Lipinski definition) is 3. The van der Waals surface area contributed by atoms with Gasteiger partial charge in [-0.25, -0.2) is 0 Å². The molecule has 3 heteroatoms. The largest absolute Gasteiger partial charge is 0.305 e. The van der Waals surface area contributed by atoms with E-state index in [1.165, 1.54) is 38.9 Å². The van der Waals surface area contributed by atoms with Gasteiger partial charge in [-0.2, -0.15) is 0 Å². The molecule has 17 heavy (non-hydrogen) atoms. The maximum Gasteiger partial charge on any atom is 0.0574 e.